The van der Waals surface area contributed by atoms with E-state index in [2.05, 4.69) is 9.97 Å². The molecule has 3 aliphatic rings. The van der Waals surface area contributed by atoms with E-state index >= 15 is 0 Å². The van der Waals surface area contributed by atoms with Crippen molar-refractivity contribution in [3.05, 3.63) is 71.7 Å². The summed E-state index contributed by atoms with van der Waals surface area (Å²) in [5.41, 5.74) is 1.52. The summed E-state index contributed by atoms with van der Waals surface area (Å²) in [7, 11) is 0. The molecule has 6 rings (SSSR count). The molecule has 0 bridgehead atoms. The van der Waals surface area contributed by atoms with E-state index in [1.807, 2.05) is 43.3 Å². The molecule has 162 valence electrons. The number of carbonyl (C=O) groups is 2. The Balaban J connectivity index is 1.41. The number of esters is 1. The van der Waals surface area contributed by atoms with Crippen molar-refractivity contribution in [1.82, 2.24) is 14.9 Å². The largest absolute Gasteiger partial charge is 0.446 e. The summed E-state index contributed by atoms with van der Waals surface area (Å²) in [5, 5.41) is 1.01. The standard InChI is InChI=1S/C25H23N3O4/c1-2-31-23-25(19-7-12-26-15-17(19)21(29)32-25)11-14-28(23)22(30)24(9-10-24)18-8-13-27-20-6-4-3-5-16(18)20/h3-8,12-13,15,23H,2,9-11,14H2,1H3. The molecule has 3 aromatic rings. The molecule has 2 atom stereocenters. The van der Waals surface area contributed by atoms with Crippen molar-refractivity contribution in [2.24, 2.45) is 0 Å². The van der Waals surface area contributed by atoms with Crippen LogP contribution in [0, 0.1) is 0 Å². The van der Waals surface area contributed by atoms with Crippen LogP contribution < -0.4 is 0 Å². The molecule has 1 saturated carbocycles. The van der Waals surface area contributed by atoms with E-state index in [-0.39, 0.29) is 5.91 Å². The van der Waals surface area contributed by atoms with Crippen molar-refractivity contribution >= 4 is 22.8 Å². The number of pyridine rings is 2. The van der Waals surface area contributed by atoms with Crippen LogP contribution in [0.5, 0.6) is 0 Å². The van der Waals surface area contributed by atoms with Gasteiger partial charge in [-0.1, -0.05) is 18.2 Å². The second kappa shape index (κ2) is 6.84. The van der Waals surface area contributed by atoms with Crippen LogP contribution >= 0.6 is 0 Å². The number of carbonyl (C=O) groups excluding carboxylic acids is 2. The van der Waals surface area contributed by atoms with Gasteiger partial charge in [-0.2, -0.15) is 0 Å². The minimum atomic E-state index is -0.989. The lowest BCUT2D eigenvalue weighted by molar-refractivity contribution is -0.165. The Bertz CT molecular complexity index is 1250. The Hall–Kier alpha value is -3.32. The molecule has 2 unspecified atom stereocenters. The van der Waals surface area contributed by atoms with E-state index in [4.69, 9.17) is 9.47 Å². The topological polar surface area (TPSA) is 81.6 Å². The average Bonchev–Trinajstić information content (AvgIpc) is 3.49. The van der Waals surface area contributed by atoms with Crippen LogP contribution in [-0.4, -0.2) is 46.1 Å². The summed E-state index contributed by atoms with van der Waals surface area (Å²) in [6.07, 6.45) is 6.36. The summed E-state index contributed by atoms with van der Waals surface area (Å²) in [6.45, 7) is 2.75. The Morgan fingerprint density at radius 2 is 1.97 bits per heavy atom. The van der Waals surface area contributed by atoms with Gasteiger partial charge in [0.15, 0.2) is 11.8 Å². The summed E-state index contributed by atoms with van der Waals surface area (Å²) in [4.78, 5) is 37.0. The average molecular weight is 429 g/mol. The molecule has 32 heavy (non-hydrogen) atoms. The van der Waals surface area contributed by atoms with Crippen LogP contribution in [0.15, 0.2) is 55.0 Å². The van der Waals surface area contributed by atoms with E-state index in [0.717, 1.165) is 34.9 Å². The summed E-state index contributed by atoms with van der Waals surface area (Å²) >= 11 is 0. The number of benzene rings is 1. The lowest BCUT2D eigenvalue weighted by atomic mass is 9.90. The Kier molecular flexibility index (Phi) is 4.14. The van der Waals surface area contributed by atoms with Gasteiger partial charge in [-0.3, -0.25) is 14.8 Å². The van der Waals surface area contributed by atoms with Crippen molar-refractivity contribution in [3.8, 4) is 0 Å². The fraction of sp³-hybridized carbons (Fsp3) is 0.360. The first kappa shape index (κ1) is 19.4. The molecule has 1 aromatic carbocycles. The molecular formula is C25H23N3O4. The van der Waals surface area contributed by atoms with E-state index in [9.17, 15) is 9.59 Å². The number of likely N-dealkylation sites (tertiary alicyclic amines) is 1. The molecule has 2 aromatic heterocycles. The maximum Gasteiger partial charge on any atom is 0.341 e. The van der Waals surface area contributed by atoms with Crippen LogP contribution in [0.4, 0.5) is 0 Å². The molecule has 2 aliphatic heterocycles. The summed E-state index contributed by atoms with van der Waals surface area (Å²) in [6, 6.07) is 11.7. The lowest BCUT2D eigenvalue weighted by Gasteiger charge is -2.35. The fourth-order valence-corrected chi connectivity index (χ4v) is 5.45. The smallest absolute Gasteiger partial charge is 0.341 e. The van der Waals surface area contributed by atoms with Gasteiger partial charge in [0, 0.05) is 49.1 Å². The Morgan fingerprint density at radius 1 is 1.16 bits per heavy atom. The van der Waals surface area contributed by atoms with E-state index in [1.54, 1.807) is 17.3 Å². The van der Waals surface area contributed by atoms with Crippen LogP contribution in [-0.2, 0) is 25.3 Å². The van der Waals surface area contributed by atoms with Gasteiger partial charge >= 0.3 is 5.97 Å². The van der Waals surface area contributed by atoms with Crippen LogP contribution in [0.25, 0.3) is 10.9 Å². The first-order valence-corrected chi connectivity index (χ1v) is 11.1. The quantitative estimate of drug-likeness (QED) is 0.592. The van der Waals surface area contributed by atoms with Crippen molar-refractivity contribution in [2.75, 3.05) is 13.2 Å². The van der Waals surface area contributed by atoms with E-state index in [0.29, 0.717) is 25.1 Å². The SMILES string of the molecule is CCOC1N(C(=O)C2(c3ccnc4ccccc34)CC2)CCC12OC(=O)c1cnccc12. The predicted molar refractivity (Wildman–Crippen MR) is 116 cm³/mol. The third-order valence-electron chi connectivity index (χ3n) is 7.09. The molecule has 0 N–H and O–H groups in total. The molecule has 7 heteroatoms. The van der Waals surface area contributed by atoms with Crippen LogP contribution in [0.1, 0.15) is 47.7 Å². The number of para-hydroxylation sites is 1. The van der Waals surface area contributed by atoms with Gasteiger partial charge in [-0.05, 0) is 43.5 Å². The number of aromatic nitrogens is 2. The number of nitrogens with zero attached hydrogens (tertiary/aromatic N) is 3. The van der Waals surface area contributed by atoms with Crippen molar-refractivity contribution in [2.45, 2.75) is 43.4 Å². The van der Waals surface area contributed by atoms with Crippen molar-refractivity contribution < 1.29 is 19.1 Å². The molecule has 1 amide bonds. The highest BCUT2D eigenvalue weighted by Crippen LogP contribution is 2.55. The predicted octanol–water partition coefficient (Wildman–Crippen LogP) is 3.32. The van der Waals surface area contributed by atoms with Gasteiger partial charge in [0.1, 0.15) is 0 Å². The molecule has 4 heterocycles. The highest BCUT2D eigenvalue weighted by Gasteiger charge is 2.63. The molecule has 7 nitrogen and oxygen atoms in total. The normalized spacial score (nSPS) is 25.2. The second-order valence-electron chi connectivity index (χ2n) is 8.71. The molecule has 1 aliphatic carbocycles. The number of amides is 1. The maximum atomic E-state index is 14.1. The molecule has 0 radical (unpaired) electrons. The van der Waals surface area contributed by atoms with Gasteiger partial charge in [-0.15, -0.1) is 0 Å². The van der Waals surface area contributed by atoms with Crippen molar-refractivity contribution in [1.29, 1.82) is 0 Å². The highest BCUT2D eigenvalue weighted by molar-refractivity contribution is 5.98. The first-order chi connectivity index (χ1) is 15.6. The summed E-state index contributed by atoms with van der Waals surface area (Å²) < 4.78 is 12.0. The Labute approximate surface area is 185 Å². The number of hydrogen-bond donors (Lipinski definition) is 0. The van der Waals surface area contributed by atoms with Gasteiger partial charge in [0.25, 0.3) is 0 Å². The molecule has 1 spiro atoms. The van der Waals surface area contributed by atoms with Crippen LogP contribution in [0.3, 0.4) is 0 Å². The zero-order valence-electron chi connectivity index (χ0n) is 17.8. The minimum absolute atomic E-state index is 0.0303. The van der Waals surface area contributed by atoms with E-state index in [1.165, 1.54) is 6.20 Å². The molecular weight excluding hydrogens is 406 g/mol. The number of ether oxygens (including phenoxy) is 2. The molecule has 2 fully saturated rings. The van der Waals surface area contributed by atoms with Crippen molar-refractivity contribution in [3.63, 3.8) is 0 Å². The zero-order valence-corrected chi connectivity index (χ0v) is 17.8. The third-order valence-corrected chi connectivity index (χ3v) is 7.09. The number of hydrogen-bond acceptors (Lipinski definition) is 6. The first-order valence-electron chi connectivity index (χ1n) is 11.1. The lowest BCUT2D eigenvalue weighted by Crippen LogP contribution is -2.50. The minimum Gasteiger partial charge on any atom is -0.446 e. The zero-order chi connectivity index (χ0) is 21.9. The van der Waals surface area contributed by atoms with Gasteiger partial charge in [0.05, 0.1) is 16.5 Å². The third kappa shape index (κ3) is 2.51. The van der Waals surface area contributed by atoms with Crippen LogP contribution in [0.2, 0.25) is 0 Å². The maximum absolute atomic E-state index is 14.1. The summed E-state index contributed by atoms with van der Waals surface area (Å²) in [5.74, 6) is -0.379. The van der Waals surface area contributed by atoms with Gasteiger partial charge in [0.2, 0.25) is 5.91 Å². The molecule has 1 saturated heterocycles. The highest BCUT2D eigenvalue weighted by atomic mass is 16.6. The number of rotatable bonds is 4. The monoisotopic (exact) mass is 429 g/mol. The van der Waals surface area contributed by atoms with Gasteiger partial charge < -0.3 is 14.4 Å². The Morgan fingerprint density at radius 3 is 2.78 bits per heavy atom. The number of fused-ring (bicyclic) bond motifs is 3. The van der Waals surface area contributed by atoms with E-state index < -0.39 is 23.2 Å². The van der Waals surface area contributed by atoms with Gasteiger partial charge in [-0.25, -0.2) is 4.79 Å². The second-order valence-corrected chi connectivity index (χ2v) is 8.71. The fourth-order valence-electron chi connectivity index (χ4n) is 5.45.